The molecule has 1 rings (SSSR count). The normalized spacial score (nSPS) is 11.6. The van der Waals surface area contributed by atoms with Crippen LogP contribution in [-0.2, 0) is 6.42 Å². The van der Waals surface area contributed by atoms with E-state index in [1.54, 1.807) is 0 Å². The maximum absolute atomic E-state index is 5.52. The van der Waals surface area contributed by atoms with Gasteiger partial charge in [-0.1, -0.05) is 63.4 Å². The average molecular weight is 250 g/mol. The van der Waals surface area contributed by atoms with E-state index in [1.165, 1.54) is 31.2 Å². The van der Waals surface area contributed by atoms with E-state index in [-0.39, 0.29) is 0 Å². The van der Waals surface area contributed by atoms with Crippen molar-refractivity contribution in [2.45, 2.75) is 46.0 Å². The molecule has 0 aliphatic heterocycles. The molecule has 0 spiro atoms. The van der Waals surface area contributed by atoms with E-state index in [4.69, 9.17) is 11.5 Å². The maximum atomic E-state index is 5.52. The minimum atomic E-state index is 0.740. The molecule has 0 aliphatic carbocycles. The Balaban J connectivity index is 0.000000321. The molecule has 1 unspecified atom stereocenters. The first-order valence-electron chi connectivity index (χ1n) is 7.22. The molecule has 0 radical (unpaired) electrons. The van der Waals surface area contributed by atoms with E-state index in [0.29, 0.717) is 0 Å². The molecule has 0 amide bonds. The number of hydrogen-bond acceptors (Lipinski definition) is 2. The van der Waals surface area contributed by atoms with E-state index < -0.39 is 0 Å². The van der Waals surface area contributed by atoms with E-state index in [1.807, 2.05) is 18.2 Å². The van der Waals surface area contributed by atoms with Crippen LogP contribution < -0.4 is 11.5 Å². The Morgan fingerprint density at radius 1 is 1.06 bits per heavy atom. The van der Waals surface area contributed by atoms with Crippen molar-refractivity contribution in [1.82, 2.24) is 0 Å². The van der Waals surface area contributed by atoms with E-state index in [2.05, 4.69) is 26.0 Å². The second kappa shape index (κ2) is 12.6. The molecule has 1 aromatic rings. The molecule has 1 aromatic carbocycles. The fourth-order valence-corrected chi connectivity index (χ4v) is 1.79. The number of unbranched alkanes of at least 4 members (excludes halogenated alkanes) is 1. The lowest BCUT2D eigenvalue weighted by atomic mass is 10.00. The zero-order valence-corrected chi connectivity index (χ0v) is 12.1. The lowest BCUT2D eigenvalue weighted by Crippen LogP contribution is -2.12. The van der Waals surface area contributed by atoms with Crippen LogP contribution in [-0.4, -0.2) is 13.1 Å². The third kappa shape index (κ3) is 9.20. The van der Waals surface area contributed by atoms with Crippen LogP contribution in [0, 0.1) is 5.92 Å². The van der Waals surface area contributed by atoms with Gasteiger partial charge in [-0.15, -0.1) is 0 Å². The second-order valence-electron chi connectivity index (χ2n) is 4.68. The van der Waals surface area contributed by atoms with Gasteiger partial charge < -0.3 is 11.5 Å². The topological polar surface area (TPSA) is 52.0 Å². The second-order valence-corrected chi connectivity index (χ2v) is 4.68. The largest absolute Gasteiger partial charge is 0.330 e. The summed E-state index contributed by atoms with van der Waals surface area (Å²) in [5.74, 6) is 0.782. The Bertz CT molecular complexity index is 255. The fraction of sp³-hybridized carbons (Fsp3) is 0.625. The summed E-state index contributed by atoms with van der Waals surface area (Å²) in [4.78, 5) is 0. The first-order valence-corrected chi connectivity index (χ1v) is 7.22. The molecule has 0 heterocycles. The van der Waals surface area contributed by atoms with Crippen LogP contribution in [0.5, 0.6) is 0 Å². The van der Waals surface area contributed by atoms with Crippen molar-refractivity contribution < 1.29 is 0 Å². The number of rotatable bonds is 7. The van der Waals surface area contributed by atoms with Crippen LogP contribution in [0.2, 0.25) is 0 Å². The highest BCUT2D eigenvalue weighted by Gasteiger charge is 2.00. The van der Waals surface area contributed by atoms with Gasteiger partial charge in [0, 0.05) is 0 Å². The molecule has 2 heteroatoms. The Morgan fingerprint density at radius 2 is 1.72 bits per heavy atom. The average Bonchev–Trinajstić information content (AvgIpc) is 2.42. The molecule has 4 N–H and O–H groups in total. The van der Waals surface area contributed by atoms with Crippen LogP contribution in [0.3, 0.4) is 0 Å². The van der Waals surface area contributed by atoms with E-state index in [9.17, 15) is 0 Å². The minimum Gasteiger partial charge on any atom is -0.330 e. The quantitative estimate of drug-likeness (QED) is 0.779. The van der Waals surface area contributed by atoms with Gasteiger partial charge in [0.1, 0.15) is 0 Å². The molecular weight excluding hydrogens is 220 g/mol. The molecule has 0 aliphatic rings. The first kappa shape index (κ1) is 17.1. The summed E-state index contributed by atoms with van der Waals surface area (Å²) in [6, 6.07) is 10.3. The Labute approximate surface area is 113 Å². The molecule has 0 saturated heterocycles. The lowest BCUT2D eigenvalue weighted by Gasteiger charge is -2.09. The smallest absolute Gasteiger partial charge is 0.00367 e. The predicted molar refractivity (Wildman–Crippen MR) is 81.6 cm³/mol. The molecule has 18 heavy (non-hydrogen) atoms. The standard InChI is InChI=1S/C8H11N.C8H19N/c9-7-6-8-4-2-1-3-5-8;1-3-5-6-8(4-2)7-9/h1-5H,6-7,9H2;8H,3-7,9H2,1-2H3. The molecule has 2 nitrogen and oxygen atoms in total. The summed E-state index contributed by atoms with van der Waals surface area (Å²) in [6.45, 7) is 6.05. The highest BCUT2D eigenvalue weighted by Crippen LogP contribution is 2.09. The van der Waals surface area contributed by atoms with Gasteiger partial charge in [0.25, 0.3) is 0 Å². The highest BCUT2D eigenvalue weighted by molar-refractivity contribution is 5.14. The van der Waals surface area contributed by atoms with Crippen molar-refractivity contribution in [3.05, 3.63) is 35.9 Å². The highest BCUT2D eigenvalue weighted by atomic mass is 14.5. The van der Waals surface area contributed by atoms with Gasteiger partial charge in [-0.25, -0.2) is 0 Å². The third-order valence-corrected chi connectivity index (χ3v) is 3.15. The van der Waals surface area contributed by atoms with Gasteiger partial charge >= 0.3 is 0 Å². The number of hydrogen-bond donors (Lipinski definition) is 2. The summed E-state index contributed by atoms with van der Waals surface area (Å²) in [7, 11) is 0. The van der Waals surface area contributed by atoms with Crippen LogP contribution >= 0.6 is 0 Å². The van der Waals surface area contributed by atoms with Crippen molar-refractivity contribution in [3.8, 4) is 0 Å². The zero-order valence-electron chi connectivity index (χ0n) is 12.1. The van der Waals surface area contributed by atoms with Crippen molar-refractivity contribution in [1.29, 1.82) is 0 Å². The van der Waals surface area contributed by atoms with Gasteiger partial charge in [-0.3, -0.25) is 0 Å². The van der Waals surface area contributed by atoms with Gasteiger partial charge in [0.05, 0.1) is 0 Å². The summed E-state index contributed by atoms with van der Waals surface area (Å²) < 4.78 is 0. The number of nitrogens with two attached hydrogens (primary N) is 2. The lowest BCUT2D eigenvalue weighted by molar-refractivity contribution is 0.461. The Morgan fingerprint density at radius 3 is 2.17 bits per heavy atom. The summed E-state index contributed by atoms with van der Waals surface area (Å²) in [5.41, 5.74) is 12.2. The van der Waals surface area contributed by atoms with Gasteiger partial charge in [0.15, 0.2) is 0 Å². The van der Waals surface area contributed by atoms with Crippen LogP contribution in [0.25, 0.3) is 0 Å². The Kier molecular flexibility index (Phi) is 12.0. The first-order chi connectivity index (χ1) is 8.78. The molecule has 0 bridgehead atoms. The zero-order chi connectivity index (χ0) is 13.6. The SMILES string of the molecule is CCCCC(CC)CN.NCCc1ccccc1. The third-order valence-electron chi connectivity index (χ3n) is 3.15. The monoisotopic (exact) mass is 250 g/mol. The molecule has 1 atom stereocenters. The summed E-state index contributed by atoms with van der Waals surface area (Å²) in [5, 5.41) is 0. The summed E-state index contributed by atoms with van der Waals surface area (Å²) in [6.07, 6.45) is 6.20. The fourth-order valence-electron chi connectivity index (χ4n) is 1.79. The number of benzene rings is 1. The maximum Gasteiger partial charge on any atom is -0.00367 e. The van der Waals surface area contributed by atoms with Crippen LogP contribution in [0.1, 0.15) is 45.1 Å². The molecule has 104 valence electrons. The van der Waals surface area contributed by atoms with Crippen molar-refractivity contribution in [2.24, 2.45) is 17.4 Å². The predicted octanol–water partition coefficient (Wildman–Crippen LogP) is 3.35. The van der Waals surface area contributed by atoms with Crippen molar-refractivity contribution >= 4 is 0 Å². The van der Waals surface area contributed by atoms with Gasteiger partial charge in [-0.05, 0) is 37.4 Å². The molecule has 0 fully saturated rings. The molecule has 0 saturated carbocycles. The van der Waals surface area contributed by atoms with Crippen molar-refractivity contribution in [2.75, 3.05) is 13.1 Å². The van der Waals surface area contributed by atoms with E-state index in [0.717, 1.165) is 25.4 Å². The summed E-state index contributed by atoms with van der Waals surface area (Å²) >= 11 is 0. The minimum absolute atomic E-state index is 0.740. The molecule has 0 aromatic heterocycles. The van der Waals surface area contributed by atoms with Gasteiger partial charge in [0.2, 0.25) is 0 Å². The van der Waals surface area contributed by atoms with Crippen LogP contribution in [0.4, 0.5) is 0 Å². The van der Waals surface area contributed by atoms with Crippen LogP contribution in [0.15, 0.2) is 30.3 Å². The molecular formula is C16H30N2. The van der Waals surface area contributed by atoms with Gasteiger partial charge in [-0.2, -0.15) is 0 Å². The van der Waals surface area contributed by atoms with E-state index >= 15 is 0 Å². The van der Waals surface area contributed by atoms with Crippen molar-refractivity contribution in [3.63, 3.8) is 0 Å². The Hall–Kier alpha value is -0.860.